The summed E-state index contributed by atoms with van der Waals surface area (Å²) >= 11 is 0. The van der Waals surface area contributed by atoms with Crippen molar-refractivity contribution in [3.8, 4) is 0 Å². The Morgan fingerprint density at radius 2 is 1.67 bits per heavy atom. The number of hydrogen-bond acceptors (Lipinski definition) is 2. The fourth-order valence-corrected chi connectivity index (χ4v) is 2.61. The summed E-state index contributed by atoms with van der Waals surface area (Å²) in [6.07, 6.45) is 0. The summed E-state index contributed by atoms with van der Waals surface area (Å²) in [5, 5.41) is 4.40. The summed E-state index contributed by atoms with van der Waals surface area (Å²) in [6, 6.07) is 17.0. The highest BCUT2D eigenvalue weighted by molar-refractivity contribution is 5.79. The maximum Gasteiger partial charge on any atom is 0.123 e. The summed E-state index contributed by atoms with van der Waals surface area (Å²) in [4.78, 5) is 4.52. The molecule has 0 amide bonds. The number of fused-ring (bicyclic) bond motifs is 1. The largest absolute Gasteiger partial charge is 0.309 e. The molecular formula is C18H17FN2. The van der Waals surface area contributed by atoms with Crippen LogP contribution in [0.15, 0.2) is 54.6 Å². The van der Waals surface area contributed by atoms with Gasteiger partial charge in [-0.3, -0.25) is 4.98 Å². The van der Waals surface area contributed by atoms with Crippen molar-refractivity contribution in [1.29, 1.82) is 0 Å². The van der Waals surface area contributed by atoms with E-state index in [1.54, 1.807) is 0 Å². The molecule has 0 radical (unpaired) electrons. The summed E-state index contributed by atoms with van der Waals surface area (Å²) < 4.78 is 13.1. The molecule has 1 aromatic heterocycles. The van der Waals surface area contributed by atoms with Crippen molar-refractivity contribution in [3.63, 3.8) is 0 Å². The summed E-state index contributed by atoms with van der Waals surface area (Å²) in [5.74, 6) is -0.216. The van der Waals surface area contributed by atoms with Crippen molar-refractivity contribution in [2.24, 2.45) is 0 Å². The van der Waals surface area contributed by atoms with Gasteiger partial charge in [-0.1, -0.05) is 24.3 Å². The molecule has 3 heteroatoms. The first kappa shape index (κ1) is 13.7. The highest BCUT2D eigenvalue weighted by Crippen LogP contribution is 2.25. The number of nitrogens with one attached hydrogen (secondary N) is 1. The van der Waals surface area contributed by atoms with Crippen LogP contribution in [-0.2, 0) is 0 Å². The molecule has 0 bridgehead atoms. The van der Waals surface area contributed by atoms with Crippen molar-refractivity contribution in [3.05, 3.63) is 77.2 Å². The predicted octanol–water partition coefficient (Wildman–Crippen LogP) is 3.99. The van der Waals surface area contributed by atoms with Crippen LogP contribution in [0.3, 0.4) is 0 Å². The van der Waals surface area contributed by atoms with Crippen LogP contribution in [-0.4, -0.2) is 12.0 Å². The molecular weight excluding hydrogens is 263 g/mol. The monoisotopic (exact) mass is 280 g/mol. The van der Waals surface area contributed by atoms with Crippen LogP contribution in [0.1, 0.15) is 22.9 Å². The van der Waals surface area contributed by atoms with Crippen LogP contribution in [0.5, 0.6) is 0 Å². The standard InChI is InChI=1S/C18H17FN2/c1-12-3-4-14-11-15(7-10-17(14)21-12)18(20-2)13-5-8-16(19)9-6-13/h3-11,18,20H,1-2H3. The number of halogens is 1. The molecule has 1 N–H and O–H groups in total. The van der Waals surface area contributed by atoms with E-state index in [1.165, 1.54) is 12.1 Å². The highest BCUT2D eigenvalue weighted by atomic mass is 19.1. The summed E-state index contributed by atoms with van der Waals surface area (Å²) in [6.45, 7) is 1.99. The normalized spacial score (nSPS) is 12.5. The minimum absolute atomic E-state index is 0.0382. The zero-order valence-corrected chi connectivity index (χ0v) is 12.1. The second kappa shape index (κ2) is 5.62. The van der Waals surface area contributed by atoms with Crippen molar-refractivity contribution in [1.82, 2.24) is 10.3 Å². The molecule has 1 atom stereocenters. The first-order valence-corrected chi connectivity index (χ1v) is 6.97. The topological polar surface area (TPSA) is 24.9 Å². The van der Waals surface area contributed by atoms with Gasteiger partial charge in [0.2, 0.25) is 0 Å². The zero-order chi connectivity index (χ0) is 14.8. The number of rotatable bonds is 3. The van der Waals surface area contributed by atoms with Crippen molar-refractivity contribution in [2.75, 3.05) is 7.05 Å². The molecule has 106 valence electrons. The second-order valence-electron chi connectivity index (χ2n) is 5.18. The Morgan fingerprint density at radius 3 is 2.38 bits per heavy atom. The lowest BCUT2D eigenvalue weighted by molar-refractivity contribution is 0.623. The Bertz CT molecular complexity index is 766. The predicted molar refractivity (Wildman–Crippen MR) is 83.8 cm³/mol. The van der Waals surface area contributed by atoms with Gasteiger partial charge >= 0.3 is 0 Å². The molecule has 2 aromatic carbocycles. The van der Waals surface area contributed by atoms with Gasteiger partial charge in [0.25, 0.3) is 0 Å². The number of aromatic nitrogens is 1. The van der Waals surface area contributed by atoms with Crippen molar-refractivity contribution >= 4 is 10.9 Å². The first-order chi connectivity index (χ1) is 10.2. The van der Waals surface area contributed by atoms with Crippen molar-refractivity contribution < 1.29 is 4.39 Å². The fraction of sp³-hybridized carbons (Fsp3) is 0.167. The Morgan fingerprint density at radius 1 is 0.952 bits per heavy atom. The molecule has 1 unspecified atom stereocenters. The van der Waals surface area contributed by atoms with E-state index < -0.39 is 0 Å². The van der Waals surface area contributed by atoms with Crippen LogP contribution < -0.4 is 5.32 Å². The molecule has 1 heterocycles. The lowest BCUT2D eigenvalue weighted by atomic mass is 9.97. The zero-order valence-electron chi connectivity index (χ0n) is 12.1. The van der Waals surface area contributed by atoms with E-state index in [2.05, 4.69) is 28.5 Å². The average Bonchev–Trinajstić information content (AvgIpc) is 2.50. The average molecular weight is 280 g/mol. The molecule has 0 spiro atoms. The van der Waals surface area contributed by atoms with E-state index in [-0.39, 0.29) is 11.9 Å². The number of benzene rings is 2. The maximum atomic E-state index is 13.1. The number of hydrogen-bond donors (Lipinski definition) is 1. The molecule has 0 saturated carbocycles. The SMILES string of the molecule is CNC(c1ccc(F)cc1)c1ccc2nc(C)ccc2c1. The van der Waals surface area contributed by atoms with Gasteiger partial charge in [0.1, 0.15) is 5.82 Å². The fourth-order valence-electron chi connectivity index (χ4n) is 2.61. The Hall–Kier alpha value is -2.26. The molecule has 0 aliphatic rings. The van der Waals surface area contributed by atoms with Gasteiger partial charge in [-0.25, -0.2) is 4.39 Å². The smallest absolute Gasteiger partial charge is 0.123 e. The highest BCUT2D eigenvalue weighted by Gasteiger charge is 2.12. The third-order valence-electron chi connectivity index (χ3n) is 3.68. The Balaban J connectivity index is 2.04. The lowest BCUT2D eigenvalue weighted by Gasteiger charge is -2.18. The van der Waals surface area contributed by atoms with E-state index in [9.17, 15) is 4.39 Å². The molecule has 0 aliphatic carbocycles. The van der Waals surface area contributed by atoms with Crippen molar-refractivity contribution in [2.45, 2.75) is 13.0 Å². The van der Waals surface area contributed by atoms with E-state index in [0.29, 0.717) is 0 Å². The first-order valence-electron chi connectivity index (χ1n) is 6.97. The molecule has 3 aromatic rings. The molecule has 21 heavy (non-hydrogen) atoms. The van der Waals surface area contributed by atoms with E-state index in [1.807, 2.05) is 38.2 Å². The molecule has 0 aliphatic heterocycles. The van der Waals surface area contributed by atoms with Crippen LogP contribution in [0.2, 0.25) is 0 Å². The molecule has 0 fully saturated rings. The van der Waals surface area contributed by atoms with Gasteiger partial charge in [-0.05, 0) is 55.4 Å². The quantitative estimate of drug-likeness (QED) is 0.784. The maximum absolute atomic E-state index is 13.1. The summed E-state index contributed by atoms with van der Waals surface area (Å²) in [7, 11) is 1.91. The van der Waals surface area contributed by atoms with Crippen LogP contribution in [0.4, 0.5) is 4.39 Å². The summed E-state index contributed by atoms with van der Waals surface area (Å²) in [5.41, 5.74) is 4.19. The molecule has 0 saturated heterocycles. The Kier molecular flexibility index (Phi) is 3.67. The number of nitrogens with zero attached hydrogens (tertiary/aromatic N) is 1. The van der Waals surface area contributed by atoms with Gasteiger partial charge < -0.3 is 5.32 Å². The minimum atomic E-state index is -0.216. The van der Waals surface area contributed by atoms with Gasteiger partial charge in [0.15, 0.2) is 0 Å². The van der Waals surface area contributed by atoms with Gasteiger partial charge in [-0.15, -0.1) is 0 Å². The third-order valence-corrected chi connectivity index (χ3v) is 3.68. The lowest BCUT2D eigenvalue weighted by Crippen LogP contribution is -2.17. The molecule has 3 rings (SSSR count). The van der Waals surface area contributed by atoms with E-state index >= 15 is 0 Å². The van der Waals surface area contributed by atoms with Crippen LogP contribution >= 0.6 is 0 Å². The number of aryl methyl sites for hydroxylation is 1. The van der Waals surface area contributed by atoms with E-state index in [4.69, 9.17) is 0 Å². The van der Waals surface area contributed by atoms with Gasteiger partial charge in [0.05, 0.1) is 11.6 Å². The van der Waals surface area contributed by atoms with Gasteiger partial charge in [0, 0.05) is 11.1 Å². The van der Waals surface area contributed by atoms with Crippen LogP contribution in [0.25, 0.3) is 10.9 Å². The van der Waals surface area contributed by atoms with Crippen LogP contribution in [0, 0.1) is 12.7 Å². The van der Waals surface area contributed by atoms with E-state index in [0.717, 1.165) is 27.7 Å². The van der Waals surface area contributed by atoms with Gasteiger partial charge in [-0.2, -0.15) is 0 Å². The Labute approximate surface area is 123 Å². The second-order valence-corrected chi connectivity index (χ2v) is 5.18. The molecule has 2 nitrogen and oxygen atoms in total. The minimum Gasteiger partial charge on any atom is -0.309 e. The number of pyridine rings is 1. The third kappa shape index (κ3) is 2.78.